The number of hydrogen-bond donors (Lipinski definition) is 0. The first-order valence-corrected chi connectivity index (χ1v) is 10.1. The summed E-state index contributed by atoms with van der Waals surface area (Å²) in [5.41, 5.74) is 1.12. The first-order valence-electron chi connectivity index (χ1n) is 9.77. The molecule has 3 heterocycles. The van der Waals surface area contributed by atoms with E-state index in [9.17, 15) is 18.0 Å². The number of rotatable bonds is 5. The summed E-state index contributed by atoms with van der Waals surface area (Å²) in [6, 6.07) is 4.28. The van der Waals surface area contributed by atoms with Crippen LogP contribution in [0.1, 0.15) is 24.4 Å². The van der Waals surface area contributed by atoms with Gasteiger partial charge in [0.1, 0.15) is 11.6 Å². The lowest BCUT2D eigenvalue weighted by Crippen LogP contribution is -2.37. The molecule has 2 aromatic heterocycles. The van der Waals surface area contributed by atoms with Crippen LogP contribution in [0.4, 0.5) is 13.2 Å². The Labute approximate surface area is 181 Å². The van der Waals surface area contributed by atoms with Crippen LogP contribution in [0.15, 0.2) is 36.8 Å². The molecule has 0 spiro atoms. The lowest BCUT2D eigenvalue weighted by atomic mass is 10.0. The van der Waals surface area contributed by atoms with Gasteiger partial charge < -0.3 is 14.2 Å². The fraction of sp³-hybridized carbons (Fsp3) is 0.381. The molecule has 0 unspecified atom stereocenters. The predicted octanol–water partition coefficient (Wildman–Crippen LogP) is 4.58. The topological polar surface area (TPSA) is 60.2 Å². The molecule has 1 fully saturated rings. The van der Waals surface area contributed by atoms with Gasteiger partial charge in [-0.25, -0.2) is 9.97 Å². The van der Waals surface area contributed by atoms with E-state index >= 15 is 0 Å². The molecule has 1 atom stereocenters. The van der Waals surface area contributed by atoms with Crippen LogP contribution in [0.3, 0.4) is 0 Å². The minimum absolute atomic E-state index is 0.0307. The predicted molar refractivity (Wildman–Crippen MR) is 110 cm³/mol. The van der Waals surface area contributed by atoms with Crippen LogP contribution in [0, 0.1) is 0 Å². The minimum atomic E-state index is -4.47. The fourth-order valence-electron chi connectivity index (χ4n) is 3.80. The van der Waals surface area contributed by atoms with E-state index in [0.29, 0.717) is 22.3 Å². The highest BCUT2D eigenvalue weighted by Gasteiger charge is 2.31. The molecule has 0 bridgehead atoms. The van der Waals surface area contributed by atoms with E-state index in [-0.39, 0.29) is 17.5 Å². The van der Waals surface area contributed by atoms with Crippen molar-refractivity contribution in [2.24, 2.45) is 0 Å². The average Bonchev–Trinajstić information content (AvgIpc) is 3.40. The Morgan fingerprint density at radius 1 is 1.23 bits per heavy atom. The van der Waals surface area contributed by atoms with Gasteiger partial charge in [-0.15, -0.1) is 0 Å². The summed E-state index contributed by atoms with van der Waals surface area (Å²) < 4.78 is 45.7. The number of hydrogen-bond acceptors (Lipinski definition) is 4. The lowest BCUT2D eigenvalue weighted by Gasteiger charge is -2.23. The molecule has 1 aliphatic rings. The molecule has 4 rings (SSSR count). The molecule has 6 nitrogen and oxygen atoms in total. The molecule has 0 saturated carbocycles. The smallest absolute Gasteiger partial charge is 0.382 e. The average molecular weight is 453 g/mol. The molecule has 3 aromatic rings. The zero-order valence-corrected chi connectivity index (χ0v) is 17.5. The second-order valence-corrected chi connectivity index (χ2v) is 7.82. The number of carbonyl (C=O) groups excluding carboxylic acids is 1. The van der Waals surface area contributed by atoms with Crippen molar-refractivity contribution in [1.82, 2.24) is 19.4 Å². The number of carbonyl (C=O) groups is 1. The molecule has 1 amide bonds. The number of nitrogens with zero attached hydrogens (tertiary/aromatic N) is 4. The maximum atomic E-state index is 13.0. The molecule has 0 N–H and O–H groups in total. The summed E-state index contributed by atoms with van der Waals surface area (Å²) in [4.78, 5) is 23.6. The fourth-order valence-corrected chi connectivity index (χ4v) is 4.09. The van der Waals surface area contributed by atoms with Gasteiger partial charge in [-0.3, -0.25) is 4.79 Å². The van der Waals surface area contributed by atoms with E-state index in [1.807, 2.05) is 4.90 Å². The van der Waals surface area contributed by atoms with Crippen LogP contribution in [0.25, 0.3) is 22.3 Å². The van der Waals surface area contributed by atoms with E-state index < -0.39 is 17.8 Å². The zero-order valence-electron chi connectivity index (χ0n) is 16.7. The maximum Gasteiger partial charge on any atom is 0.416 e. The van der Waals surface area contributed by atoms with Crippen molar-refractivity contribution < 1.29 is 22.7 Å². The standard InChI is InChI=1S/C21H20ClF3N4O2/c1-31-11-18(20(30)28-6-2-3-7-28)29-12-27-17-8-13(10-26-19(17)29)15-5-4-14(9-16(15)22)21(23,24)25/h4-5,8-10,12,18H,2-3,6-7,11H2,1H3/t18-/m0/s1. The number of pyridine rings is 1. The Morgan fingerprint density at radius 2 is 1.97 bits per heavy atom. The van der Waals surface area contributed by atoms with E-state index in [2.05, 4.69) is 9.97 Å². The Bertz CT molecular complexity index is 1110. The third-order valence-electron chi connectivity index (χ3n) is 5.38. The van der Waals surface area contributed by atoms with Crippen LogP contribution in [0.5, 0.6) is 0 Å². The molecular formula is C21H20ClF3N4O2. The van der Waals surface area contributed by atoms with E-state index in [0.717, 1.165) is 38.1 Å². The highest BCUT2D eigenvalue weighted by Crippen LogP contribution is 2.36. The summed E-state index contributed by atoms with van der Waals surface area (Å²) >= 11 is 6.11. The van der Waals surface area contributed by atoms with Crippen molar-refractivity contribution in [3.8, 4) is 11.1 Å². The van der Waals surface area contributed by atoms with Gasteiger partial charge in [-0.1, -0.05) is 17.7 Å². The van der Waals surface area contributed by atoms with Crippen molar-refractivity contribution >= 4 is 28.7 Å². The van der Waals surface area contributed by atoms with Crippen LogP contribution in [-0.2, 0) is 15.7 Å². The minimum Gasteiger partial charge on any atom is -0.382 e. The quantitative estimate of drug-likeness (QED) is 0.568. The number of amides is 1. The Kier molecular flexibility index (Phi) is 5.90. The molecule has 0 radical (unpaired) electrons. The monoisotopic (exact) mass is 452 g/mol. The van der Waals surface area contributed by atoms with Crippen molar-refractivity contribution in [2.75, 3.05) is 26.8 Å². The van der Waals surface area contributed by atoms with Crippen LogP contribution in [-0.4, -0.2) is 52.1 Å². The number of imidazole rings is 1. The van der Waals surface area contributed by atoms with Gasteiger partial charge in [0.15, 0.2) is 5.65 Å². The third kappa shape index (κ3) is 4.24. The van der Waals surface area contributed by atoms with E-state index in [4.69, 9.17) is 16.3 Å². The number of benzene rings is 1. The Balaban J connectivity index is 1.68. The SMILES string of the molecule is COC[C@@H](C(=O)N1CCCC1)n1cnc2cc(-c3ccc(C(F)(F)F)cc3Cl)cnc21. The van der Waals surface area contributed by atoms with Crippen molar-refractivity contribution in [1.29, 1.82) is 0 Å². The van der Waals surface area contributed by atoms with Gasteiger partial charge in [-0.05, 0) is 31.0 Å². The molecule has 31 heavy (non-hydrogen) atoms. The number of aromatic nitrogens is 3. The molecule has 1 aromatic carbocycles. The third-order valence-corrected chi connectivity index (χ3v) is 5.70. The van der Waals surface area contributed by atoms with Gasteiger partial charge in [0.2, 0.25) is 5.91 Å². The highest BCUT2D eigenvalue weighted by atomic mass is 35.5. The van der Waals surface area contributed by atoms with Crippen molar-refractivity contribution in [3.05, 3.63) is 47.4 Å². The molecule has 0 aliphatic carbocycles. The molecule has 1 aliphatic heterocycles. The summed E-state index contributed by atoms with van der Waals surface area (Å²) in [6.07, 6.45) is 0.533. The number of fused-ring (bicyclic) bond motifs is 1. The van der Waals surface area contributed by atoms with E-state index in [1.165, 1.54) is 25.7 Å². The first kappa shape index (κ1) is 21.6. The van der Waals surface area contributed by atoms with Gasteiger partial charge in [-0.2, -0.15) is 13.2 Å². The molecular weight excluding hydrogens is 433 g/mol. The Hall–Kier alpha value is -2.65. The van der Waals surface area contributed by atoms with Gasteiger partial charge in [0.05, 0.1) is 18.5 Å². The van der Waals surface area contributed by atoms with Crippen molar-refractivity contribution in [3.63, 3.8) is 0 Å². The molecule has 10 heteroatoms. The first-order chi connectivity index (χ1) is 14.8. The second-order valence-electron chi connectivity index (χ2n) is 7.41. The van der Waals surface area contributed by atoms with Crippen LogP contribution in [0.2, 0.25) is 5.02 Å². The number of ether oxygens (including phenoxy) is 1. The van der Waals surface area contributed by atoms with Gasteiger partial charge in [0, 0.05) is 42.5 Å². The van der Waals surface area contributed by atoms with Gasteiger partial charge in [0.25, 0.3) is 0 Å². The van der Waals surface area contributed by atoms with E-state index in [1.54, 1.807) is 10.6 Å². The summed E-state index contributed by atoms with van der Waals surface area (Å²) in [7, 11) is 1.53. The Morgan fingerprint density at radius 3 is 2.61 bits per heavy atom. The number of halogens is 4. The lowest BCUT2D eigenvalue weighted by molar-refractivity contribution is -0.137. The number of methoxy groups -OCH3 is 1. The normalized spacial score (nSPS) is 15.6. The largest absolute Gasteiger partial charge is 0.416 e. The van der Waals surface area contributed by atoms with Crippen LogP contribution < -0.4 is 0 Å². The number of alkyl halides is 3. The molecule has 1 saturated heterocycles. The number of likely N-dealkylation sites (tertiary alicyclic amines) is 1. The second kappa shape index (κ2) is 8.47. The van der Waals surface area contributed by atoms with Gasteiger partial charge >= 0.3 is 6.18 Å². The maximum absolute atomic E-state index is 13.0. The summed E-state index contributed by atoms with van der Waals surface area (Å²) in [5.74, 6) is -0.0460. The highest BCUT2D eigenvalue weighted by molar-refractivity contribution is 6.33. The summed E-state index contributed by atoms with van der Waals surface area (Å²) in [6.45, 7) is 1.61. The van der Waals surface area contributed by atoms with Crippen molar-refractivity contribution in [2.45, 2.75) is 25.1 Å². The van der Waals surface area contributed by atoms with Crippen LogP contribution >= 0.6 is 11.6 Å². The zero-order chi connectivity index (χ0) is 22.2. The summed E-state index contributed by atoms with van der Waals surface area (Å²) in [5, 5.41) is -0.0307. The molecule has 164 valence electrons.